The monoisotopic (exact) mass is 345 g/mol. The van der Waals surface area contributed by atoms with Gasteiger partial charge in [0.1, 0.15) is 0 Å². The highest BCUT2D eigenvalue weighted by molar-refractivity contribution is 5.94. The van der Waals surface area contributed by atoms with Gasteiger partial charge in [0.05, 0.1) is 4.92 Å². The fraction of sp³-hybridized carbons (Fsp3) is 0.333. The first-order valence-corrected chi connectivity index (χ1v) is 7.69. The number of carbonyl (C=O) groups is 2. The van der Waals surface area contributed by atoms with Gasteiger partial charge in [-0.2, -0.15) is 4.98 Å². The Hall–Kier alpha value is -3.30. The topological polar surface area (TPSA) is 140 Å². The highest BCUT2D eigenvalue weighted by Crippen LogP contribution is 2.37. The second kappa shape index (κ2) is 7.07. The minimum absolute atomic E-state index is 0.0889. The lowest BCUT2D eigenvalue weighted by molar-refractivity contribution is -0.384. The van der Waals surface area contributed by atoms with Gasteiger partial charge in [0.2, 0.25) is 0 Å². The summed E-state index contributed by atoms with van der Waals surface area (Å²) >= 11 is 0. The summed E-state index contributed by atoms with van der Waals surface area (Å²) in [6, 6.07) is 5.24. The maximum atomic E-state index is 11.9. The number of amides is 2. The van der Waals surface area contributed by atoms with Crippen molar-refractivity contribution in [1.29, 1.82) is 0 Å². The molecule has 2 amide bonds. The van der Waals surface area contributed by atoms with Crippen LogP contribution in [0.1, 0.15) is 45.6 Å². The van der Waals surface area contributed by atoms with Crippen LogP contribution in [0.2, 0.25) is 0 Å². The molecule has 2 aromatic rings. The van der Waals surface area contributed by atoms with Crippen LogP contribution in [0.25, 0.3) is 0 Å². The highest BCUT2D eigenvalue weighted by Gasteiger charge is 2.29. The molecule has 0 spiro atoms. The van der Waals surface area contributed by atoms with Gasteiger partial charge in [0.25, 0.3) is 11.6 Å². The van der Waals surface area contributed by atoms with Gasteiger partial charge in [-0.1, -0.05) is 5.16 Å². The maximum Gasteiger partial charge on any atom is 0.315 e. The zero-order chi connectivity index (χ0) is 17.8. The molecule has 1 saturated carbocycles. The van der Waals surface area contributed by atoms with Crippen molar-refractivity contribution in [2.24, 2.45) is 0 Å². The van der Waals surface area contributed by atoms with Gasteiger partial charge in [-0.3, -0.25) is 19.7 Å². The van der Waals surface area contributed by atoms with Crippen LogP contribution in [0, 0.1) is 10.1 Å². The number of benzene rings is 1. The Morgan fingerprint density at radius 3 is 2.40 bits per heavy atom. The summed E-state index contributed by atoms with van der Waals surface area (Å²) in [7, 11) is 0. The van der Waals surface area contributed by atoms with Crippen LogP contribution in [0.3, 0.4) is 0 Å². The van der Waals surface area contributed by atoms with Crippen LogP contribution in [-0.4, -0.2) is 40.0 Å². The third kappa shape index (κ3) is 4.16. The predicted molar refractivity (Wildman–Crippen MR) is 84.0 cm³/mol. The molecule has 1 fully saturated rings. The van der Waals surface area contributed by atoms with E-state index in [-0.39, 0.29) is 24.7 Å². The van der Waals surface area contributed by atoms with Gasteiger partial charge in [0, 0.05) is 36.7 Å². The van der Waals surface area contributed by atoms with Crippen molar-refractivity contribution in [3.8, 4) is 0 Å². The summed E-state index contributed by atoms with van der Waals surface area (Å²) in [6.45, 7) is 0.365. The third-order valence-corrected chi connectivity index (χ3v) is 3.61. The van der Waals surface area contributed by atoms with Gasteiger partial charge in [-0.15, -0.1) is 0 Å². The molecule has 10 heteroatoms. The lowest BCUT2D eigenvalue weighted by atomic mass is 10.2. The molecule has 1 aromatic heterocycles. The van der Waals surface area contributed by atoms with Crippen LogP contribution in [0.5, 0.6) is 0 Å². The lowest BCUT2D eigenvalue weighted by Crippen LogP contribution is -2.34. The van der Waals surface area contributed by atoms with Crippen LogP contribution < -0.4 is 10.6 Å². The van der Waals surface area contributed by atoms with E-state index >= 15 is 0 Å². The number of nitro groups is 1. The molecule has 0 aliphatic heterocycles. The molecule has 25 heavy (non-hydrogen) atoms. The predicted octanol–water partition coefficient (Wildman–Crippen LogP) is 1.01. The Kier molecular flexibility index (Phi) is 4.68. The Balaban J connectivity index is 1.41. The average Bonchev–Trinajstić information content (AvgIpc) is 3.35. The van der Waals surface area contributed by atoms with E-state index in [2.05, 4.69) is 20.8 Å². The zero-order valence-electron chi connectivity index (χ0n) is 13.1. The van der Waals surface area contributed by atoms with Gasteiger partial charge in [0.15, 0.2) is 5.82 Å². The van der Waals surface area contributed by atoms with E-state index in [0.29, 0.717) is 17.3 Å². The summed E-state index contributed by atoms with van der Waals surface area (Å²) in [6.07, 6.45) is 2.02. The summed E-state index contributed by atoms with van der Waals surface area (Å²) in [5, 5.41) is 19.5. The lowest BCUT2D eigenvalue weighted by Gasteiger charge is -2.05. The molecule has 0 bridgehead atoms. The van der Waals surface area contributed by atoms with Crippen LogP contribution in [-0.2, 0) is 0 Å². The molecule has 1 aliphatic rings. The van der Waals surface area contributed by atoms with Crippen molar-refractivity contribution in [2.75, 3.05) is 13.1 Å². The Labute approximate surface area is 141 Å². The van der Waals surface area contributed by atoms with E-state index in [1.54, 1.807) is 0 Å². The Morgan fingerprint density at radius 2 is 1.80 bits per heavy atom. The Bertz CT molecular complexity index is 797. The van der Waals surface area contributed by atoms with Crippen LogP contribution >= 0.6 is 0 Å². The number of aromatic nitrogens is 2. The van der Waals surface area contributed by atoms with E-state index < -0.39 is 16.7 Å². The fourth-order valence-corrected chi connectivity index (χ4v) is 2.10. The fourth-order valence-electron chi connectivity index (χ4n) is 2.10. The first kappa shape index (κ1) is 16.6. The molecule has 0 radical (unpaired) electrons. The van der Waals surface area contributed by atoms with Gasteiger partial charge >= 0.3 is 11.8 Å². The number of nitrogens with zero attached hydrogens (tertiary/aromatic N) is 3. The van der Waals surface area contributed by atoms with Gasteiger partial charge in [-0.25, -0.2) is 0 Å². The number of nitrogens with one attached hydrogen (secondary N) is 2. The van der Waals surface area contributed by atoms with Crippen molar-refractivity contribution in [2.45, 2.75) is 18.8 Å². The SMILES string of the molecule is O=C(NCCNC(=O)c1nc(C2CC2)no1)c1ccc([N+](=O)[O-])cc1. The quantitative estimate of drug-likeness (QED) is 0.433. The summed E-state index contributed by atoms with van der Waals surface area (Å²) in [5.74, 6) is -0.131. The molecule has 3 rings (SSSR count). The van der Waals surface area contributed by atoms with Gasteiger partial charge < -0.3 is 15.2 Å². The van der Waals surface area contributed by atoms with E-state index in [1.165, 1.54) is 24.3 Å². The molecule has 0 atom stereocenters. The largest absolute Gasteiger partial charge is 0.350 e. The number of non-ortho nitro benzene ring substituents is 1. The molecular formula is C15H15N5O5. The van der Waals surface area contributed by atoms with Crippen LogP contribution in [0.4, 0.5) is 5.69 Å². The van der Waals surface area contributed by atoms with E-state index in [4.69, 9.17) is 4.52 Å². The minimum atomic E-state index is -0.538. The van der Waals surface area contributed by atoms with Crippen molar-refractivity contribution < 1.29 is 19.0 Å². The second-order valence-corrected chi connectivity index (χ2v) is 5.55. The molecular weight excluding hydrogens is 330 g/mol. The minimum Gasteiger partial charge on any atom is -0.350 e. The molecule has 0 saturated heterocycles. The molecule has 10 nitrogen and oxygen atoms in total. The molecule has 2 N–H and O–H groups in total. The number of nitro benzene ring substituents is 1. The second-order valence-electron chi connectivity index (χ2n) is 5.55. The first-order chi connectivity index (χ1) is 12.0. The van der Waals surface area contributed by atoms with Crippen molar-refractivity contribution in [3.05, 3.63) is 51.7 Å². The van der Waals surface area contributed by atoms with E-state index in [0.717, 1.165) is 12.8 Å². The van der Waals surface area contributed by atoms with Crippen LogP contribution in [0.15, 0.2) is 28.8 Å². The summed E-state index contributed by atoms with van der Waals surface area (Å²) in [4.78, 5) is 37.8. The summed E-state index contributed by atoms with van der Waals surface area (Å²) in [5.41, 5.74) is 0.205. The van der Waals surface area contributed by atoms with Crippen molar-refractivity contribution >= 4 is 17.5 Å². The number of carbonyl (C=O) groups excluding carboxylic acids is 2. The third-order valence-electron chi connectivity index (χ3n) is 3.61. The molecule has 1 aromatic carbocycles. The standard InChI is InChI=1S/C15H15N5O5/c21-13(10-3-5-11(6-4-10)20(23)24)16-7-8-17-14(22)15-18-12(19-25-15)9-1-2-9/h3-6,9H,1-2,7-8H2,(H,16,21)(H,17,22). The van der Waals surface area contributed by atoms with E-state index in [1.807, 2.05) is 0 Å². The summed E-state index contributed by atoms with van der Waals surface area (Å²) < 4.78 is 4.89. The molecule has 1 heterocycles. The van der Waals surface area contributed by atoms with Crippen molar-refractivity contribution in [3.63, 3.8) is 0 Å². The number of rotatable bonds is 7. The highest BCUT2D eigenvalue weighted by atomic mass is 16.6. The maximum absolute atomic E-state index is 11.9. The molecule has 0 unspecified atom stereocenters. The number of hydrogen-bond acceptors (Lipinski definition) is 7. The van der Waals surface area contributed by atoms with Crippen molar-refractivity contribution in [1.82, 2.24) is 20.8 Å². The zero-order valence-corrected chi connectivity index (χ0v) is 13.1. The van der Waals surface area contributed by atoms with E-state index in [9.17, 15) is 19.7 Å². The normalized spacial score (nSPS) is 13.3. The molecule has 1 aliphatic carbocycles. The molecule has 130 valence electrons. The first-order valence-electron chi connectivity index (χ1n) is 7.69. The Morgan fingerprint density at radius 1 is 1.16 bits per heavy atom. The van der Waals surface area contributed by atoms with Gasteiger partial charge in [-0.05, 0) is 25.0 Å². The average molecular weight is 345 g/mol. The number of hydrogen-bond donors (Lipinski definition) is 2. The smallest absolute Gasteiger partial charge is 0.315 e.